The fourth-order valence-corrected chi connectivity index (χ4v) is 4.45. The third-order valence-corrected chi connectivity index (χ3v) is 6.54. The highest BCUT2D eigenvalue weighted by atomic mass is 16.1. The Morgan fingerprint density at radius 3 is 2.42 bits per heavy atom. The molecule has 0 saturated carbocycles. The van der Waals surface area contributed by atoms with E-state index < -0.39 is 0 Å². The van der Waals surface area contributed by atoms with Gasteiger partial charge in [0.05, 0.1) is 0 Å². The number of carbonyl (C=O) groups excluding carboxylic acids is 1. The summed E-state index contributed by atoms with van der Waals surface area (Å²) < 4.78 is 1.82. The first-order valence-corrected chi connectivity index (χ1v) is 11.5. The van der Waals surface area contributed by atoms with Crippen molar-refractivity contribution in [3.05, 3.63) is 77.4 Å². The predicted molar refractivity (Wildman–Crippen MR) is 129 cm³/mol. The molecule has 1 aliphatic rings. The quantitative estimate of drug-likeness (QED) is 0.509. The zero-order valence-corrected chi connectivity index (χ0v) is 19.0. The average molecular weight is 441 g/mol. The number of hydrogen-bond acceptors (Lipinski definition) is 5. The summed E-state index contributed by atoms with van der Waals surface area (Å²) in [5.41, 5.74) is 5.25. The lowest BCUT2D eigenvalue weighted by Crippen LogP contribution is -2.40. The lowest BCUT2D eigenvalue weighted by atomic mass is 9.95. The summed E-state index contributed by atoms with van der Waals surface area (Å²) >= 11 is 0. The Morgan fingerprint density at radius 2 is 1.67 bits per heavy atom. The number of hydrogen-bond donors (Lipinski definition) is 1. The van der Waals surface area contributed by atoms with Gasteiger partial charge in [-0.25, -0.2) is 0 Å². The number of piperidine rings is 1. The van der Waals surface area contributed by atoms with E-state index in [0.29, 0.717) is 6.54 Å². The molecule has 2 aromatic heterocycles. The van der Waals surface area contributed by atoms with Crippen LogP contribution in [0.2, 0.25) is 0 Å². The van der Waals surface area contributed by atoms with Gasteiger partial charge in [-0.3, -0.25) is 4.79 Å². The summed E-state index contributed by atoms with van der Waals surface area (Å²) in [6.07, 6.45) is 1.62. The summed E-state index contributed by atoms with van der Waals surface area (Å²) in [5.74, 6) is 1.81. The van der Waals surface area contributed by atoms with E-state index in [1.54, 1.807) is 0 Å². The molecule has 0 bridgehead atoms. The van der Waals surface area contributed by atoms with E-state index in [1.165, 1.54) is 11.1 Å². The fourth-order valence-electron chi connectivity index (χ4n) is 4.45. The first-order valence-electron chi connectivity index (χ1n) is 11.5. The minimum Gasteiger partial charge on any atom is -0.355 e. The van der Waals surface area contributed by atoms with E-state index in [2.05, 4.69) is 52.5 Å². The van der Waals surface area contributed by atoms with Crippen LogP contribution in [-0.2, 0) is 11.3 Å². The minimum atomic E-state index is 0.0337. The van der Waals surface area contributed by atoms with Crippen LogP contribution in [-0.4, -0.2) is 38.8 Å². The van der Waals surface area contributed by atoms with Gasteiger partial charge in [0.15, 0.2) is 11.5 Å². The summed E-state index contributed by atoms with van der Waals surface area (Å²) in [7, 11) is 0. The number of amides is 1. The second-order valence-electron chi connectivity index (χ2n) is 8.71. The second-order valence-corrected chi connectivity index (χ2v) is 8.71. The third kappa shape index (κ3) is 4.31. The Balaban J connectivity index is 1.26. The molecule has 0 spiro atoms. The maximum atomic E-state index is 12.7. The van der Waals surface area contributed by atoms with Crippen LogP contribution in [0.25, 0.3) is 17.0 Å². The maximum absolute atomic E-state index is 12.7. The van der Waals surface area contributed by atoms with Crippen LogP contribution >= 0.6 is 0 Å². The average Bonchev–Trinajstić information content (AvgIpc) is 3.27. The summed E-state index contributed by atoms with van der Waals surface area (Å²) in [4.78, 5) is 15.0. The monoisotopic (exact) mass is 440 g/mol. The highest BCUT2D eigenvalue weighted by molar-refractivity contribution is 5.79. The van der Waals surface area contributed by atoms with Crippen LogP contribution in [0.3, 0.4) is 0 Å². The number of nitrogens with zero attached hydrogens (tertiary/aromatic N) is 5. The van der Waals surface area contributed by atoms with Gasteiger partial charge in [0.1, 0.15) is 5.82 Å². The molecule has 1 fully saturated rings. The maximum Gasteiger partial charge on any atom is 0.223 e. The molecular weight excluding hydrogens is 412 g/mol. The van der Waals surface area contributed by atoms with Crippen molar-refractivity contribution in [1.82, 2.24) is 25.1 Å². The van der Waals surface area contributed by atoms with Gasteiger partial charge in [-0.2, -0.15) is 4.52 Å². The lowest BCUT2D eigenvalue weighted by Gasteiger charge is -2.32. The lowest BCUT2D eigenvalue weighted by molar-refractivity contribution is -0.125. The van der Waals surface area contributed by atoms with Crippen molar-refractivity contribution in [1.29, 1.82) is 0 Å². The second kappa shape index (κ2) is 9.02. The molecule has 0 aliphatic carbocycles. The Morgan fingerprint density at radius 1 is 0.939 bits per heavy atom. The van der Waals surface area contributed by atoms with Gasteiger partial charge in [0, 0.05) is 31.1 Å². The van der Waals surface area contributed by atoms with Crippen molar-refractivity contribution in [2.75, 3.05) is 18.0 Å². The largest absolute Gasteiger partial charge is 0.355 e. The molecule has 1 aliphatic heterocycles. The number of aryl methyl sites for hydroxylation is 2. The standard InChI is InChI=1S/C26H28N6O/c1-18-7-3-5-9-21(18)17-27-26(33)20-13-15-31(16-14-20)24-12-11-23-28-29-25(32(23)30-24)22-10-6-4-8-19(22)2/h3-12,20H,13-17H2,1-2H3,(H,27,33). The zero-order chi connectivity index (χ0) is 22.8. The number of aromatic nitrogens is 4. The highest BCUT2D eigenvalue weighted by Gasteiger charge is 2.26. The number of fused-ring (bicyclic) bond motifs is 1. The molecule has 0 unspecified atom stereocenters. The molecule has 7 nitrogen and oxygen atoms in total. The van der Waals surface area contributed by atoms with Gasteiger partial charge in [-0.05, 0) is 55.5 Å². The minimum absolute atomic E-state index is 0.0337. The van der Waals surface area contributed by atoms with E-state index in [1.807, 2.05) is 47.0 Å². The normalized spacial score (nSPS) is 14.5. The van der Waals surface area contributed by atoms with E-state index in [4.69, 9.17) is 5.10 Å². The Hall–Kier alpha value is -3.74. The van der Waals surface area contributed by atoms with E-state index in [-0.39, 0.29) is 11.8 Å². The Bertz CT molecular complexity index is 1290. The number of benzene rings is 2. The summed E-state index contributed by atoms with van der Waals surface area (Å²) in [6, 6.07) is 20.2. The molecule has 1 saturated heterocycles. The van der Waals surface area contributed by atoms with Gasteiger partial charge in [-0.15, -0.1) is 15.3 Å². The highest BCUT2D eigenvalue weighted by Crippen LogP contribution is 2.25. The van der Waals surface area contributed by atoms with Crippen LogP contribution in [0, 0.1) is 19.8 Å². The van der Waals surface area contributed by atoms with Crippen LogP contribution in [0.5, 0.6) is 0 Å². The predicted octanol–water partition coefficient (Wildman–Crippen LogP) is 3.94. The number of carbonyl (C=O) groups is 1. The Labute approximate surface area is 193 Å². The molecule has 33 heavy (non-hydrogen) atoms. The van der Waals surface area contributed by atoms with Crippen molar-refractivity contribution in [3.63, 3.8) is 0 Å². The molecule has 5 rings (SSSR count). The molecule has 0 radical (unpaired) electrons. The first kappa shape index (κ1) is 21.1. The van der Waals surface area contributed by atoms with Gasteiger partial charge in [-0.1, -0.05) is 48.5 Å². The molecule has 4 aromatic rings. The van der Waals surface area contributed by atoms with E-state index >= 15 is 0 Å². The summed E-state index contributed by atoms with van der Waals surface area (Å²) in [6.45, 7) is 6.31. The van der Waals surface area contributed by atoms with Crippen molar-refractivity contribution in [3.8, 4) is 11.4 Å². The van der Waals surface area contributed by atoms with Gasteiger partial charge in [0.2, 0.25) is 5.91 Å². The molecule has 1 N–H and O–H groups in total. The van der Waals surface area contributed by atoms with Crippen molar-refractivity contribution in [2.24, 2.45) is 5.92 Å². The van der Waals surface area contributed by atoms with Gasteiger partial charge in [0.25, 0.3) is 0 Å². The number of anilines is 1. The van der Waals surface area contributed by atoms with Crippen LogP contribution in [0.15, 0.2) is 60.7 Å². The van der Waals surface area contributed by atoms with E-state index in [0.717, 1.165) is 54.3 Å². The molecular formula is C26H28N6O. The van der Waals surface area contributed by atoms with E-state index in [9.17, 15) is 4.79 Å². The van der Waals surface area contributed by atoms with Crippen molar-refractivity contribution < 1.29 is 4.79 Å². The number of rotatable bonds is 5. The Kier molecular flexibility index (Phi) is 5.77. The smallest absolute Gasteiger partial charge is 0.223 e. The third-order valence-electron chi connectivity index (χ3n) is 6.54. The van der Waals surface area contributed by atoms with Crippen LogP contribution in [0.4, 0.5) is 5.82 Å². The molecule has 7 heteroatoms. The topological polar surface area (TPSA) is 75.4 Å². The number of nitrogens with one attached hydrogen (secondary N) is 1. The first-order chi connectivity index (χ1) is 16.1. The van der Waals surface area contributed by atoms with Crippen molar-refractivity contribution in [2.45, 2.75) is 33.2 Å². The van der Waals surface area contributed by atoms with Gasteiger partial charge < -0.3 is 10.2 Å². The molecule has 1 amide bonds. The zero-order valence-electron chi connectivity index (χ0n) is 19.0. The SMILES string of the molecule is Cc1ccccc1CNC(=O)C1CCN(c2ccc3nnc(-c4ccccc4C)n3n2)CC1. The molecule has 0 atom stereocenters. The van der Waals surface area contributed by atoms with Crippen molar-refractivity contribution >= 4 is 17.4 Å². The molecule has 3 heterocycles. The molecule has 168 valence electrons. The summed E-state index contributed by atoms with van der Waals surface area (Å²) in [5, 5.41) is 16.6. The van der Waals surface area contributed by atoms with Crippen LogP contribution in [0.1, 0.15) is 29.5 Å². The van der Waals surface area contributed by atoms with Gasteiger partial charge >= 0.3 is 0 Å². The fraction of sp³-hybridized carbons (Fsp3) is 0.308. The molecule has 2 aromatic carbocycles. The van der Waals surface area contributed by atoms with Crippen LogP contribution < -0.4 is 10.2 Å².